The summed E-state index contributed by atoms with van der Waals surface area (Å²) >= 11 is 0. The van der Waals surface area contributed by atoms with E-state index in [1.807, 2.05) is 0 Å². The molecule has 0 unspecified atom stereocenters. The summed E-state index contributed by atoms with van der Waals surface area (Å²) in [7, 11) is 4.16. The van der Waals surface area contributed by atoms with Crippen LogP contribution in [0.25, 0.3) is 22.3 Å². The molecular weight excluding hydrogens is 472 g/mol. The van der Waals surface area contributed by atoms with Crippen LogP contribution in [0.2, 0.25) is 0 Å². The minimum absolute atomic E-state index is 0.556. The minimum Gasteiger partial charge on any atom is -0.378 e. The molecule has 1 fully saturated rings. The summed E-state index contributed by atoms with van der Waals surface area (Å²) < 4.78 is 0. The second kappa shape index (κ2) is 12.4. The van der Waals surface area contributed by atoms with Gasteiger partial charge in [-0.1, -0.05) is 106 Å². The summed E-state index contributed by atoms with van der Waals surface area (Å²) in [6.45, 7) is 7.74. The van der Waals surface area contributed by atoms with Gasteiger partial charge in [0.1, 0.15) is 0 Å². The summed E-state index contributed by atoms with van der Waals surface area (Å²) in [4.78, 5) is 4.61. The van der Waals surface area contributed by atoms with Crippen LogP contribution in [0.3, 0.4) is 0 Å². The van der Waals surface area contributed by atoms with Gasteiger partial charge in [-0.05, 0) is 82.8 Å². The van der Waals surface area contributed by atoms with Crippen molar-refractivity contribution in [1.29, 1.82) is 0 Å². The molecule has 0 aromatic heterocycles. The van der Waals surface area contributed by atoms with Crippen LogP contribution >= 0.6 is 0 Å². The Morgan fingerprint density at radius 2 is 1.28 bits per heavy atom. The van der Waals surface area contributed by atoms with Gasteiger partial charge in [-0.25, -0.2) is 0 Å². The maximum Gasteiger partial charge on any atom is 0.0478 e. The number of nitrogens with zero attached hydrogens (tertiary/aromatic N) is 2. The fraction of sp³-hybridized carbons (Fsp3) is 0.297. The van der Waals surface area contributed by atoms with Crippen LogP contribution in [-0.4, -0.2) is 14.1 Å². The third-order valence-corrected chi connectivity index (χ3v) is 8.26. The Morgan fingerprint density at radius 3 is 1.92 bits per heavy atom. The average molecular weight is 515 g/mol. The third kappa shape index (κ3) is 6.45. The van der Waals surface area contributed by atoms with Crippen LogP contribution < -0.4 is 9.80 Å². The topological polar surface area (TPSA) is 6.48 Å². The molecule has 0 amide bonds. The van der Waals surface area contributed by atoms with Crippen molar-refractivity contribution in [1.82, 2.24) is 0 Å². The molecule has 2 heteroatoms. The second-order valence-electron chi connectivity index (χ2n) is 11.2. The van der Waals surface area contributed by atoms with Gasteiger partial charge in [-0.15, -0.1) is 0 Å². The average Bonchev–Trinajstić information content (AvgIpc) is 3.00. The SMILES string of the molecule is C=C(C1CCCCC1)N(Cc1ccc(-c2ccc(N(C)C)cc2)cc1)c1cccc(-c2cccc(CC)c2)c1. The van der Waals surface area contributed by atoms with Gasteiger partial charge in [0.15, 0.2) is 0 Å². The minimum atomic E-state index is 0.556. The third-order valence-electron chi connectivity index (χ3n) is 8.26. The molecule has 0 N–H and O–H groups in total. The summed E-state index contributed by atoms with van der Waals surface area (Å²) in [5, 5.41) is 0. The number of hydrogen-bond acceptors (Lipinski definition) is 2. The molecule has 5 rings (SSSR count). The van der Waals surface area contributed by atoms with E-state index in [4.69, 9.17) is 6.58 Å². The highest BCUT2D eigenvalue weighted by atomic mass is 15.1. The predicted octanol–water partition coefficient (Wildman–Crippen LogP) is 9.75. The van der Waals surface area contributed by atoms with E-state index in [0.717, 1.165) is 13.0 Å². The van der Waals surface area contributed by atoms with E-state index in [0.29, 0.717) is 5.92 Å². The molecular formula is C37H42N2. The standard InChI is InChI=1S/C37H42N2/c1-5-29-11-9-14-34(25-29)35-15-10-16-37(26-35)39(28(2)31-12-7-6-8-13-31)27-30-17-19-32(20-18-30)33-21-23-36(24-22-33)38(3)4/h9-11,14-26,31H,2,5-8,12-13,27H2,1,3-4H3. The Balaban J connectivity index is 1.43. The van der Waals surface area contributed by atoms with Crippen LogP contribution in [0, 0.1) is 5.92 Å². The van der Waals surface area contributed by atoms with Crippen LogP contribution in [0.5, 0.6) is 0 Å². The smallest absolute Gasteiger partial charge is 0.0478 e. The molecule has 2 nitrogen and oxygen atoms in total. The summed E-state index contributed by atoms with van der Waals surface area (Å²) in [6, 6.07) is 35.8. The van der Waals surface area contributed by atoms with Crippen LogP contribution in [0.4, 0.5) is 11.4 Å². The van der Waals surface area contributed by atoms with Crippen LogP contribution in [-0.2, 0) is 13.0 Å². The lowest BCUT2D eigenvalue weighted by Gasteiger charge is -2.34. The van der Waals surface area contributed by atoms with Crippen molar-refractivity contribution in [2.75, 3.05) is 23.9 Å². The van der Waals surface area contributed by atoms with Gasteiger partial charge >= 0.3 is 0 Å². The molecule has 1 saturated carbocycles. The van der Waals surface area contributed by atoms with E-state index < -0.39 is 0 Å². The van der Waals surface area contributed by atoms with Gasteiger partial charge in [0.2, 0.25) is 0 Å². The van der Waals surface area contributed by atoms with Crippen molar-refractivity contribution in [3.05, 3.63) is 120 Å². The fourth-order valence-corrected chi connectivity index (χ4v) is 5.78. The zero-order chi connectivity index (χ0) is 27.2. The number of hydrogen-bond donors (Lipinski definition) is 0. The fourth-order valence-electron chi connectivity index (χ4n) is 5.78. The van der Waals surface area contributed by atoms with Crippen molar-refractivity contribution in [2.45, 2.75) is 52.0 Å². The van der Waals surface area contributed by atoms with E-state index in [9.17, 15) is 0 Å². The molecule has 0 heterocycles. The Hall–Kier alpha value is -3.78. The van der Waals surface area contributed by atoms with Gasteiger partial charge in [0.25, 0.3) is 0 Å². The zero-order valence-electron chi connectivity index (χ0n) is 23.9. The molecule has 39 heavy (non-hydrogen) atoms. The summed E-state index contributed by atoms with van der Waals surface area (Å²) in [5.41, 5.74) is 11.4. The molecule has 0 aliphatic heterocycles. The largest absolute Gasteiger partial charge is 0.378 e. The molecule has 0 radical (unpaired) electrons. The van der Waals surface area contributed by atoms with Crippen LogP contribution in [0.15, 0.2) is 109 Å². The van der Waals surface area contributed by atoms with E-state index in [-0.39, 0.29) is 0 Å². The van der Waals surface area contributed by atoms with Gasteiger partial charge in [-0.2, -0.15) is 0 Å². The molecule has 0 atom stereocenters. The lowest BCUT2D eigenvalue weighted by atomic mass is 9.86. The molecule has 0 saturated heterocycles. The maximum absolute atomic E-state index is 4.69. The first-order valence-corrected chi connectivity index (χ1v) is 14.5. The molecule has 200 valence electrons. The second-order valence-corrected chi connectivity index (χ2v) is 11.2. The molecule has 0 spiro atoms. The summed E-state index contributed by atoms with van der Waals surface area (Å²) in [6.07, 6.45) is 7.51. The monoisotopic (exact) mass is 514 g/mol. The number of allylic oxidation sites excluding steroid dienone is 1. The first-order chi connectivity index (χ1) is 19.0. The lowest BCUT2D eigenvalue weighted by Crippen LogP contribution is -2.27. The highest BCUT2D eigenvalue weighted by Gasteiger charge is 2.22. The van der Waals surface area contributed by atoms with Crippen molar-refractivity contribution in [3.63, 3.8) is 0 Å². The number of rotatable bonds is 9. The molecule has 4 aromatic carbocycles. The van der Waals surface area contributed by atoms with Gasteiger partial charge in [0, 0.05) is 37.7 Å². The number of anilines is 2. The Bertz CT molecular complexity index is 1380. The van der Waals surface area contributed by atoms with Crippen molar-refractivity contribution in [2.24, 2.45) is 5.92 Å². The number of benzene rings is 4. The Labute approximate surface area is 235 Å². The lowest BCUT2D eigenvalue weighted by molar-refractivity contribution is 0.396. The van der Waals surface area contributed by atoms with Crippen LogP contribution in [0.1, 0.15) is 50.2 Å². The normalized spacial score (nSPS) is 13.7. The quantitative estimate of drug-likeness (QED) is 0.219. The van der Waals surface area contributed by atoms with E-state index in [1.54, 1.807) is 0 Å². The Morgan fingerprint density at radius 1 is 0.667 bits per heavy atom. The van der Waals surface area contributed by atoms with Gasteiger partial charge in [0.05, 0.1) is 0 Å². The highest BCUT2D eigenvalue weighted by molar-refractivity contribution is 5.71. The number of aryl methyl sites for hydroxylation is 1. The molecule has 1 aliphatic rings. The highest BCUT2D eigenvalue weighted by Crippen LogP contribution is 2.36. The first-order valence-electron chi connectivity index (χ1n) is 14.5. The first kappa shape index (κ1) is 26.8. The molecule has 1 aliphatic carbocycles. The van der Waals surface area contributed by atoms with E-state index in [2.05, 4.69) is 128 Å². The van der Waals surface area contributed by atoms with Crippen molar-refractivity contribution < 1.29 is 0 Å². The molecule has 4 aromatic rings. The van der Waals surface area contributed by atoms with E-state index >= 15 is 0 Å². The van der Waals surface area contributed by atoms with Crippen molar-refractivity contribution >= 4 is 11.4 Å². The maximum atomic E-state index is 4.69. The Kier molecular flexibility index (Phi) is 8.51. The molecule has 0 bridgehead atoms. The van der Waals surface area contributed by atoms with E-state index in [1.165, 1.54) is 82.6 Å². The van der Waals surface area contributed by atoms with Gasteiger partial charge in [-0.3, -0.25) is 0 Å². The summed E-state index contributed by atoms with van der Waals surface area (Å²) in [5.74, 6) is 0.556. The van der Waals surface area contributed by atoms with Crippen molar-refractivity contribution in [3.8, 4) is 22.3 Å². The van der Waals surface area contributed by atoms with Gasteiger partial charge < -0.3 is 9.80 Å². The predicted molar refractivity (Wildman–Crippen MR) is 169 cm³/mol. The zero-order valence-corrected chi connectivity index (χ0v) is 23.9.